The van der Waals surface area contributed by atoms with Crippen molar-refractivity contribution in [3.05, 3.63) is 70.7 Å². The van der Waals surface area contributed by atoms with Crippen molar-refractivity contribution in [2.45, 2.75) is 58.0 Å². The summed E-state index contributed by atoms with van der Waals surface area (Å²) < 4.78 is 0. The van der Waals surface area contributed by atoms with Crippen LogP contribution in [0.2, 0.25) is 5.02 Å². The molecule has 30 heavy (non-hydrogen) atoms. The topological polar surface area (TPSA) is 49.4 Å². The molecule has 2 amide bonds. The van der Waals surface area contributed by atoms with Crippen molar-refractivity contribution in [3.63, 3.8) is 0 Å². The molecule has 0 unspecified atom stereocenters. The Morgan fingerprint density at radius 1 is 1.07 bits per heavy atom. The third-order valence-corrected chi connectivity index (χ3v) is 6.09. The molecule has 1 atom stereocenters. The van der Waals surface area contributed by atoms with Crippen LogP contribution in [0.15, 0.2) is 54.6 Å². The van der Waals surface area contributed by atoms with E-state index in [2.05, 4.69) is 17.4 Å². The number of halogens is 1. The van der Waals surface area contributed by atoms with Crippen LogP contribution in [0.1, 0.15) is 44.7 Å². The number of nitrogens with zero attached hydrogens (tertiary/aromatic N) is 1. The lowest BCUT2D eigenvalue weighted by Gasteiger charge is -2.31. The van der Waals surface area contributed by atoms with Gasteiger partial charge in [-0.1, -0.05) is 67.1 Å². The van der Waals surface area contributed by atoms with Crippen molar-refractivity contribution in [3.8, 4) is 0 Å². The second kappa shape index (κ2) is 12.7. The van der Waals surface area contributed by atoms with E-state index in [0.29, 0.717) is 30.2 Å². The third-order valence-electron chi connectivity index (χ3n) is 4.69. The predicted molar refractivity (Wildman–Crippen MR) is 127 cm³/mol. The van der Waals surface area contributed by atoms with E-state index in [1.165, 1.54) is 5.56 Å². The van der Waals surface area contributed by atoms with Gasteiger partial charge in [0.2, 0.25) is 11.8 Å². The molecule has 0 heterocycles. The molecule has 2 aromatic carbocycles. The third kappa shape index (κ3) is 7.69. The number of amides is 2. The first-order valence-corrected chi connectivity index (χ1v) is 11.9. The average molecular weight is 447 g/mol. The molecule has 0 aliphatic heterocycles. The Kier molecular flexibility index (Phi) is 10.2. The van der Waals surface area contributed by atoms with E-state index in [-0.39, 0.29) is 17.9 Å². The number of carbonyl (C=O) groups is 2. The molecule has 0 saturated heterocycles. The maximum Gasteiger partial charge on any atom is 0.243 e. The van der Waals surface area contributed by atoms with Gasteiger partial charge in [0.15, 0.2) is 0 Å². The molecular formula is C24H31ClN2O2S. The largest absolute Gasteiger partial charge is 0.352 e. The van der Waals surface area contributed by atoms with Crippen LogP contribution in [0.5, 0.6) is 0 Å². The molecular weight excluding hydrogens is 416 g/mol. The summed E-state index contributed by atoms with van der Waals surface area (Å²) in [6.45, 7) is 6.10. The van der Waals surface area contributed by atoms with Gasteiger partial charge < -0.3 is 10.2 Å². The van der Waals surface area contributed by atoms with Crippen molar-refractivity contribution in [2.75, 3.05) is 5.75 Å². The molecule has 0 spiro atoms. The normalized spacial score (nSPS) is 11.9. The van der Waals surface area contributed by atoms with Crippen molar-refractivity contribution in [1.29, 1.82) is 0 Å². The van der Waals surface area contributed by atoms with E-state index >= 15 is 0 Å². The zero-order valence-corrected chi connectivity index (χ0v) is 19.5. The minimum Gasteiger partial charge on any atom is -0.352 e. The smallest absolute Gasteiger partial charge is 0.243 e. The lowest BCUT2D eigenvalue weighted by molar-refractivity contribution is -0.141. The Hall–Kier alpha value is -1.98. The fourth-order valence-corrected chi connectivity index (χ4v) is 4.26. The quantitative estimate of drug-likeness (QED) is 0.477. The fraction of sp³-hybridized carbons (Fsp3) is 0.417. The number of rotatable bonds is 11. The maximum absolute atomic E-state index is 13.2. The average Bonchev–Trinajstić information content (AvgIpc) is 2.72. The van der Waals surface area contributed by atoms with Crippen LogP contribution >= 0.6 is 23.4 Å². The Morgan fingerprint density at radius 3 is 2.37 bits per heavy atom. The summed E-state index contributed by atoms with van der Waals surface area (Å²) in [5.41, 5.74) is 2.09. The van der Waals surface area contributed by atoms with Crippen LogP contribution in [-0.4, -0.2) is 34.6 Å². The minimum atomic E-state index is -0.518. The first-order chi connectivity index (χ1) is 14.4. The molecule has 2 rings (SSSR count). The number of thioether (sulfide) groups is 1. The van der Waals surface area contributed by atoms with Crippen molar-refractivity contribution < 1.29 is 9.59 Å². The van der Waals surface area contributed by atoms with Gasteiger partial charge >= 0.3 is 0 Å². The van der Waals surface area contributed by atoms with Crippen molar-refractivity contribution in [2.24, 2.45) is 0 Å². The van der Waals surface area contributed by atoms with E-state index in [4.69, 9.17) is 11.6 Å². The SMILES string of the molecule is CC[C@@H](C(=O)NC(C)C)N(Cc1ccccc1Cl)C(=O)CCSCc1ccccc1. The summed E-state index contributed by atoms with van der Waals surface area (Å²) in [4.78, 5) is 27.6. The van der Waals surface area contributed by atoms with E-state index in [0.717, 1.165) is 11.3 Å². The second-order valence-corrected chi connectivity index (χ2v) is 9.00. The maximum atomic E-state index is 13.2. The van der Waals surface area contributed by atoms with E-state index in [9.17, 15) is 9.59 Å². The molecule has 0 saturated carbocycles. The van der Waals surface area contributed by atoms with Gasteiger partial charge in [-0.2, -0.15) is 11.8 Å². The molecule has 6 heteroatoms. The van der Waals surface area contributed by atoms with E-state index in [1.807, 2.05) is 63.2 Å². The highest BCUT2D eigenvalue weighted by atomic mass is 35.5. The summed E-state index contributed by atoms with van der Waals surface area (Å²) in [6, 6.07) is 17.2. The zero-order valence-electron chi connectivity index (χ0n) is 17.9. The minimum absolute atomic E-state index is 0.0187. The number of carbonyl (C=O) groups excluding carboxylic acids is 2. The Bertz CT molecular complexity index is 814. The lowest BCUT2D eigenvalue weighted by Crippen LogP contribution is -2.50. The first kappa shape index (κ1) is 24.3. The summed E-state index contributed by atoms with van der Waals surface area (Å²) in [6.07, 6.45) is 0.930. The van der Waals surface area contributed by atoms with Gasteiger partial charge in [0.25, 0.3) is 0 Å². The molecule has 0 aliphatic carbocycles. The molecule has 0 bridgehead atoms. The highest BCUT2D eigenvalue weighted by Gasteiger charge is 2.29. The van der Waals surface area contributed by atoms with Crippen LogP contribution in [0.3, 0.4) is 0 Å². The number of hydrogen-bond acceptors (Lipinski definition) is 3. The molecule has 0 aliphatic rings. The number of nitrogens with one attached hydrogen (secondary N) is 1. The van der Waals surface area contributed by atoms with Crippen LogP contribution in [0, 0.1) is 0 Å². The summed E-state index contributed by atoms with van der Waals surface area (Å²) in [5.74, 6) is 1.42. The van der Waals surface area contributed by atoms with Gasteiger partial charge in [0, 0.05) is 35.5 Å². The van der Waals surface area contributed by atoms with Crippen LogP contribution < -0.4 is 5.32 Å². The standard InChI is InChI=1S/C24H31ClN2O2S/c1-4-22(24(29)26-18(2)3)27(16-20-12-8-9-13-21(20)25)23(28)14-15-30-17-19-10-6-5-7-11-19/h5-13,18,22H,4,14-17H2,1-3H3,(H,26,29)/t22-/m0/s1. The second-order valence-electron chi connectivity index (χ2n) is 7.49. The van der Waals surface area contributed by atoms with Gasteiger partial charge in [-0.3, -0.25) is 9.59 Å². The van der Waals surface area contributed by atoms with Crippen molar-refractivity contribution in [1.82, 2.24) is 10.2 Å². The number of hydrogen-bond donors (Lipinski definition) is 1. The molecule has 162 valence electrons. The predicted octanol–water partition coefficient (Wildman–Crippen LogP) is 5.30. The summed E-state index contributed by atoms with van der Waals surface area (Å²) in [5, 5.41) is 3.55. The van der Waals surface area contributed by atoms with E-state index in [1.54, 1.807) is 16.7 Å². The Labute approximate surface area is 189 Å². The zero-order chi connectivity index (χ0) is 21.9. The van der Waals surface area contributed by atoms with Crippen LogP contribution in [0.25, 0.3) is 0 Å². The van der Waals surface area contributed by atoms with Crippen LogP contribution in [-0.2, 0) is 21.9 Å². The van der Waals surface area contributed by atoms with Gasteiger partial charge in [-0.25, -0.2) is 0 Å². The Balaban J connectivity index is 2.07. The lowest BCUT2D eigenvalue weighted by atomic mass is 10.1. The van der Waals surface area contributed by atoms with Gasteiger partial charge in [0.05, 0.1) is 0 Å². The number of benzene rings is 2. The fourth-order valence-electron chi connectivity index (χ4n) is 3.18. The highest BCUT2D eigenvalue weighted by Crippen LogP contribution is 2.21. The van der Waals surface area contributed by atoms with Gasteiger partial charge in [-0.15, -0.1) is 0 Å². The monoisotopic (exact) mass is 446 g/mol. The van der Waals surface area contributed by atoms with Crippen molar-refractivity contribution >= 4 is 35.2 Å². The van der Waals surface area contributed by atoms with E-state index < -0.39 is 6.04 Å². The molecule has 0 fully saturated rings. The summed E-state index contributed by atoms with van der Waals surface area (Å²) in [7, 11) is 0. The summed E-state index contributed by atoms with van der Waals surface area (Å²) >= 11 is 8.06. The molecule has 4 nitrogen and oxygen atoms in total. The molecule has 0 radical (unpaired) electrons. The van der Waals surface area contributed by atoms with Gasteiger partial charge in [-0.05, 0) is 37.5 Å². The highest BCUT2D eigenvalue weighted by molar-refractivity contribution is 7.98. The molecule has 1 N–H and O–H groups in total. The molecule has 2 aromatic rings. The van der Waals surface area contributed by atoms with Gasteiger partial charge in [0.1, 0.15) is 6.04 Å². The Morgan fingerprint density at radius 2 is 1.73 bits per heavy atom. The molecule has 0 aromatic heterocycles. The first-order valence-electron chi connectivity index (χ1n) is 10.4. The van der Waals surface area contributed by atoms with Crippen LogP contribution in [0.4, 0.5) is 0 Å².